The zero-order valence-electron chi connectivity index (χ0n) is 14.8. The maximum atomic E-state index is 12.4. The Morgan fingerprint density at radius 2 is 1.80 bits per heavy atom. The van der Waals surface area contributed by atoms with Gasteiger partial charge in [-0.2, -0.15) is 0 Å². The number of halogens is 2. The summed E-state index contributed by atoms with van der Waals surface area (Å²) in [6.45, 7) is 3.59. The second-order valence-electron chi connectivity index (χ2n) is 7.54. The Hall–Kier alpha value is -0.770. The van der Waals surface area contributed by atoms with Crippen molar-refractivity contribution in [3.63, 3.8) is 0 Å². The molecule has 0 spiro atoms. The van der Waals surface area contributed by atoms with E-state index < -0.39 is 0 Å². The summed E-state index contributed by atoms with van der Waals surface area (Å²) in [6.07, 6.45) is 8.43. The molecule has 1 N–H and O–H groups in total. The van der Waals surface area contributed by atoms with Gasteiger partial charge in [-0.1, -0.05) is 48.5 Å². The van der Waals surface area contributed by atoms with E-state index in [9.17, 15) is 4.79 Å². The lowest BCUT2D eigenvalue weighted by atomic mass is 9.89. The highest BCUT2D eigenvalue weighted by Crippen LogP contribution is 2.26. The molecular weight excluding hydrogens is 355 g/mol. The molecule has 1 aliphatic carbocycles. The third-order valence-corrected chi connectivity index (χ3v) is 6.24. The number of amides is 1. The van der Waals surface area contributed by atoms with Crippen LogP contribution in [0.25, 0.3) is 0 Å². The molecule has 138 valence electrons. The monoisotopic (exact) mass is 382 g/mol. The normalized spacial score (nSPS) is 20.6. The van der Waals surface area contributed by atoms with Crippen LogP contribution < -0.4 is 5.32 Å². The average Bonchev–Trinajstić information content (AvgIpc) is 2.63. The third kappa shape index (κ3) is 5.60. The highest BCUT2D eigenvalue weighted by molar-refractivity contribution is 6.35. The maximum Gasteiger partial charge on any atom is 0.223 e. The highest BCUT2D eigenvalue weighted by Gasteiger charge is 2.26. The van der Waals surface area contributed by atoms with Crippen LogP contribution >= 0.6 is 23.2 Å². The van der Waals surface area contributed by atoms with Gasteiger partial charge in [0, 0.05) is 29.1 Å². The molecule has 1 aromatic rings. The van der Waals surface area contributed by atoms with Crippen molar-refractivity contribution in [2.45, 2.75) is 51.5 Å². The number of likely N-dealkylation sites (tertiary alicyclic amines) is 1. The van der Waals surface area contributed by atoms with Crippen LogP contribution in [0.2, 0.25) is 10.0 Å². The summed E-state index contributed by atoms with van der Waals surface area (Å²) >= 11 is 12.2. The number of hydrogen-bond acceptors (Lipinski definition) is 2. The summed E-state index contributed by atoms with van der Waals surface area (Å²) in [5, 5.41) is 4.60. The zero-order chi connectivity index (χ0) is 17.6. The van der Waals surface area contributed by atoms with E-state index in [0.29, 0.717) is 10.9 Å². The molecule has 25 heavy (non-hydrogen) atoms. The molecule has 1 saturated carbocycles. The molecule has 2 fully saturated rings. The molecule has 0 bridgehead atoms. The Kier molecular flexibility index (Phi) is 7.03. The predicted molar refractivity (Wildman–Crippen MR) is 104 cm³/mol. The molecule has 1 aromatic carbocycles. The van der Waals surface area contributed by atoms with Crippen molar-refractivity contribution in [2.75, 3.05) is 19.6 Å². The Bertz CT molecular complexity index is 579. The van der Waals surface area contributed by atoms with Crippen LogP contribution in [0.15, 0.2) is 18.2 Å². The van der Waals surface area contributed by atoms with E-state index >= 15 is 0 Å². The first kappa shape index (κ1) is 19.0. The molecule has 0 unspecified atom stereocenters. The standard InChI is InChI=1S/C20H28Cl2N2O/c21-18-7-6-17(19(22)12-18)14-24-10-8-16(9-11-24)20(25)23-13-15-4-2-1-3-5-15/h6-7,12,15-16H,1-5,8-11,13-14H2,(H,23,25). The van der Waals surface area contributed by atoms with Gasteiger partial charge < -0.3 is 5.32 Å². The van der Waals surface area contributed by atoms with Crippen molar-refractivity contribution >= 4 is 29.1 Å². The summed E-state index contributed by atoms with van der Waals surface area (Å²) in [6, 6.07) is 5.67. The summed E-state index contributed by atoms with van der Waals surface area (Å²) in [5.41, 5.74) is 1.10. The summed E-state index contributed by atoms with van der Waals surface area (Å²) in [4.78, 5) is 14.8. The third-order valence-electron chi connectivity index (χ3n) is 5.66. The van der Waals surface area contributed by atoms with Crippen molar-refractivity contribution in [3.05, 3.63) is 33.8 Å². The van der Waals surface area contributed by atoms with Crippen LogP contribution in [0.5, 0.6) is 0 Å². The number of benzene rings is 1. The van der Waals surface area contributed by atoms with Crippen LogP contribution in [0.4, 0.5) is 0 Å². The minimum atomic E-state index is 0.167. The number of nitrogens with one attached hydrogen (secondary N) is 1. The first-order valence-corrected chi connectivity index (χ1v) is 10.3. The molecule has 3 nitrogen and oxygen atoms in total. The molecule has 1 aliphatic heterocycles. The number of piperidine rings is 1. The van der Waals surface area contributed by atoms with E-state index in [2.05, 4.69) is 10.2 Å². The summed E-state index contributed by atoms with van der Waals surface area (Å²) in [7, 11) is 0. The fourth-order valence-corrected chi connectivity index (χ4v) is 4.49. The molecule has 3 rings (SSSR count). The van der Waals surface area contributed by atoms with E-state index in [-0.39, 0.29) is 11.8 Å². The van der Waals surface area contributed by atoms with E-state index in [4.69, 9.17) is 23.2 Å². The van der Waals surface area contributed by atoms with Crippen LogP contribution in [-0.4, -0.2) is 30.4 Å². The Balaban J connectivity index is 1.41. The molecule has 0 atom stereocenters. The zero-order valence-corrected chi connectivity index (χ0v) is 16.3. The number of carbonyl (C=O) groups is 1. The van der Waals surface area contributed by atoms with Crippen molar-refractivity contribution in [2.24, 2.45) is 11.8 Å². The molecule has 1 saturated heterocycles. The SMILES string of the molecule is O=C(NCC1CCCCC1)C1CCN(Cc2ccc(Cl)cc2Cl)CC1. The molecule has 0 aromatic heterocycles. The van der Waals surface area contributed by atoms with E-state index in [1.165, 1.54) is 32.1 Å². The van der Waals surface area contributed by atoms with E-state index in [0.717, 1.165) is 49.6 Å². The quantitative estimate of drug-likeness (QED) is 0.784. The average molecular weight is 383 g/mol. The maximum absolute atomic E-state index is 12.4. The van der Waals surface area contributed by atoms with Gasteiger partial charge >= 0.3 is 0 Å². The molecule has 2 aliphatic rings. The number of nitrogens with zero attached hydrogens (tertiary/aromatic N) is 1. The fraction of sp³-hybridized carbons (Fsp3) is 0.650. The number of hydrogen-bond donors (Lipinski definition) is 1. The Morgan fingerprint density at radius 1 is 1.08 bits per heavy atom. The van der Waals surface area contributed by atoms with Gasteiger partial charge in [0.25, 0.3) is 0 Å². The number of rotatable bonds is 5. The summed E-state index contributed by atoms with van der Waals surface area (Å²) < 4.78 is 0. The molecule has 0 radical (unpaired) electrons. The van der Waals surface area contributed by atoms with Gasteiger partial charge in [-0.25, -0.2) is 0 Å². The molecule has 5 heteroatoms. The van der Waals surface area contributed by atoms with Crippen LogP contribution in [-0.2, 0) is 11.3 Å². The lowest BCUT2D eigenvalue weighted by molar-refractivity contribution is -0.126. The van der Waals surface area contributed by atoms with Crippen molar-refractivity contribution in [1.29, 1.82) is 0 Å². The van der Waals surface area contributed by atoms with Gasteiger partial charge in [0.15, 0.2) is 0 Å². The minimum absolute atomic E-state index is 0.167. The van der Waals surface area contributed by atoms with Gasteiger partial charge in [0.05, 0.1) is 0 Å². The number of carbonyl (C=O) groups excluding carboxylic acids is 1. The lowest BCUT2D eigenvalue weighted by Gasteiger charge is -2.32. The highest BCUT2D eigenvalue weighted by atomic mass is 35.5. The first-order chi connectivity index (χ1) is 12.1. The minimum Gasteiger partial charge on any atom is -0.356 e. The predicted octanol–water partition coefficient (Wildman–Crippen LogP) is 4.90. The molecular formula is C20H28Cl2N2O. The second kappa shape index (κ2) is 9.25. The smallest absolute Gasteiger partial charge is 0.223 e. The first-order valence-electron chi connectivity index (χ1n) is 9.56. The van der Waals surface area contributed by atoms with Crippen molar-refractivity contribution in [3.8, 4) is 0 Å². The van der Waals surface area contributed by atoms with E-state index in [1.807, 2.05) is 12.1 Å². The largest absolute Gasteiger partial charge is 0.356 e. The van der Waals surface area contributed by atoms with Crippen LogP contribution in [0, 0.1) is 11.8 Å². The lowest BCUT2D eigenvalue weighted by Crippen LogP contribution is -2.41. The second-order valence-corrected chi connectivity index (χ2v) is 8.38. The van der Waals surface area contributed by atoms with Crippen LogP contribution in [0.3, 0.4) is 0 Å². The van der Waals surface area contributed by atoms with Crippen molar-refractivity contribution in [1.82, 2.24) is 10.2 Å². The van der Waals surface area contributed by atoms with Gasteiger partial charge in [0.2, 0.25) is 5.91 Å². The Labute approximate surface area is 161 Å². The van der Waals surface area contributed by atoms with Gasteiger partial charge in [-0.15, -0.1) is 0 Å². The Morgan fingerprint density at radius 3 is 2.48 bits per heavy atom. The topological polar surface area (TPSA) is 32.3 Å². The van der Waals surface area contributed by atoms with Gasteiger partial charge in [-0.05, 0) is 62.4 Å². The summed E-state index contributed by atoms with van der Waals surface area (Å²) in [5.74, 6) is 1.13. The van der Waals surface area contributed by atoms with Gasteiger partial charge in [-0.3, -0.25) is 9.69 Å². The molecule has 1 amide bonds. The fourth-order valence-electron chi connectivity index (χ4n) is 4.02. The van der Waals surface area contributed by atoms with Gasteiger partial charge in [0.1, 0.15) is 0 Å². The van der Waals surface area contributed by atoms with Crippen molar-refractivity contribution < 1.29 is 4.79 Å². The molecule has 1 heterocycles. The van der Waals surface area contributed by atoms with Crippen LogP contribution in [0.1, 0.15) is 50.5 Å². The van der Waals surface area contributed by atoms with E-state index in [1.54, 1.807) is 6.07 Å².